The average molecular weight is 271 g/mol. The summed E-state index contributed by atoms with van der Waals surface area (Å²) in [6, 6.07) is 9.71. The first-order valence-corrected chi connectivity index (χ1v) is 7.17. The average Bonchev–Trinajstić information content (AvgIpc) is 2.45. The van der Waals surface area contributed by atoms with Crippen LogP contribution in [0.4, 0.5) is 11.6 Å². The van der Waals surface area contributed by atoms with E-state index in [2.05, 4.69) is 41.3 Å². The zero-order chi connectivity index (χ0) is 14.4. The molecule has 0 aliphatic rings. The Kier molecular flexibility index (Phi) is 4.93. The van der Waals surface area contributed by atoms with E-state index in [1.807, 2.05) is 12.1 Å². The van der Waals surface area contributed by atoms with E-state index in [1.165, 1.54) is 5.56 Å². The van der Waals surface area contributed by atoms with Gasteiger partial charge in [0.05, 0.1) is 0 Å². The Balaban J connectivity index is 2.15. The van der Waals surface area contributed by atoms with Crippen LogP contribution in [0.2, 0.25) is 0 Å². The van der Waals surface area contributed by atoms with Crippen molar-refractivity contribution in [3.05, 3.63) is 51.9 Å². The summed E-state index contributed by atoms with van der Waals surface area (Å²) in [4.78, 5) is 18.8. The second-order valence-corrected chi connectivity index (χ2v) is 4.86. The summed E-state index contributed by atoms with van der Waals surface area (Å²) in [5, 5.41) is 3.15. The quantitative estimate of drug-likeness (QED) is 0.846. The topological polar surface area (TPSA) is 57.8 Å². The minimum atomic E-state index is -0.112. The molecule has 2 aromatic rings. The highest BCUT2D eigenvalue weighted by atomic mass is 16.1. The molecule has 0 atom stereocenters. The van der Waals surface area contributed by atoms with Crippen LogP contribution in [0, 0.1) is 0 Å². The molecule has 0 aliphatic heterocycles. The molecule has 2 rings (SSSR count). The molecule has 0 spiro atoms. The van der Waals surface area contributed by atoms with Crippen molar-refractivity contribution in [2.45, 2.75) is 39.5 Å². The number of aromatic amines is 1. The monoisotopic (exact) mass is 271 g/mol. The van der Waals surface area contributed by atoms with Gasteiger partial charge in [0.25, 0.3) is 5.56 Å². The number of aromatic nitrogens is 2. The molecule has 4 heteroatoms. The Morgan fingerprint density at radius 3 is 2.60 bits per heavy atom. The standard InChI is InChI=1S/C16H21N3O/c1-3-5-6-14-11-15(20)19-16(18-14)17-13-9-7-12(4-2)8-10-13/h7-11H,3-6H2,1-2H3,(H2,17,18,19,20). The van der Waals surface area contributed by atoms with Crippen molar-refractivity contribution < 1.29 is 0 Å². The molecule has 20 heavy (non-hydrogen) atoms. The molecule has 0 unspecified atom stereocenters. The Labute approximate surface area is 119 Å². The third-order valence-corrected chi connectivity index (χ3v) is 3.21. The summed E-state index contributed by atoms with van der Waals surface area (Å²) in [7, 11) is 0. The SMILES string of the molecule is CCCCc1cc(=O)[nH]c(Nc2ccc(CC)cc2)n1. The largest absolute Gasteiger partial charge is 0.326 e. The molecule has 0 aliphatic carbocycles. The number of nitrogens with zero attached hydrogens (tertiary/aromatic N) is 1. The second kappa shape index (κ2) is 6.89. The van der Waals surface area contributed by atoms with Crippen LogP contribution in [0.5, 0.6) is 0 Å². The molecule has 4 nitrogen and oxygen atoms in total. The fraction of sp³-hybridized carbons (Fsp3) is 0.375. The van der Waals surface area contributed by atoms with Gasteiger partial charge in [0, 0.05) is 17.4 Å². The van der Waals surface area contributed by atoms with Crippen LogP contribution in [0.1, 0.15) is 37.9 Å². The number of hydrogen-bond acceptors (Lipinski definition) is 3. The van der Waals surface area contributed by atoms with Gasteiger partial charge in [-0.3, -0.25) is 9.78 Å². The maximum Gasteiger partial charge on any atom is 0.252 e. The van der Waals surface area contributed by atoms with Gasteiger partial charge in [-0.15, -0.1) is 0 Å². The molecular weight excluding hydrogens is 250 g/mol. The molecule has 1 aromatic carbocycles. The van der Waals surface area contributed by atoms with Gasteiger partial charge in [0.2, 0.25) is 5.95 Å². The number of anilines is 2. The first-order chi connectivity index (χ1) is 9.71. The first-order valence-electron chi connectivity index (χ1n) is 7.17. The summed E-state index contributed by atoms with van der Waals surface area (Å²) in [6.45, 7) is 4.25. The van der Waals surface area contributed by atoms with Crippen LogP contribution >= 0.6 is 0 Å². The zero-order valence-corrected chi connectivity index (χ0v) is 12.1. The smallest absolute Gasteiger partial charge is 0.252 e. The molecule has 2 N–H and O–H groups in total. The van der Waals surface area contributed by atoms with Gasteiger partial charge in [-0.05, 0) is 37.0 Å². The van der Waals surface area contributed by atoms with Gasteiger partial charge in [-0.2, -0.15) is 0 Å². The number of rotatable bonds is 6. The molecule has 0 amide bonds. The number of aryl methyl sites for hydroxylation is 2. The molecule has 0 bridgehead atoms. The summed E-state index contributed by atoms with van der Waals surface area (Å²) in [5.74, 6) is 0.507. The number of nitrogens with one attached hydrogen (secondary N) is 2. The Morgan fingerprint density at radius 2 is 1.95 bits per heavy atom. The number of benzene rings is 1. The molecule has 106 valence electrons. The van der Waals surface area contributed by atoms with E-state index in [9.17, 15) is 4.79 Å². The highest BCUT2D eigenvalue weighted by Crippen LogP contribution is 2.14. The minimum Gasteiger partial charge on any atom is -0.326 e. The van der Waals surface area contributed by atoms with Crippen LogP contribution in [0.15, 0.2) is 35.1 Å². The van der Waals surface area contributed by atoms with Crippen molar-refractivity contribution >= 4 is 11.6 Å². The molecular formula is C16H21N3O. The molecule has 0 saturated heterocycles. The normalized spacial score (nSPS) is 10.5. The van der Waals surface area contributed by atoms with Crippen LogP contribution in [-0.2, 0) is 12.8 Å². The lowest BCUT2D eigenvalue weighted by atomic mass is 10.1. The van der Waals surface area contributed by atoms with Gasteiger partial charge in [-0.25, -0.2) is 4.98 Å². The Hall–Kier alpha value is -2.10. The van der Waals surface area contributed by atoms with E-state index in [4.69, 9.17) is 0 Å². The van der Waals surface area contributed by atoms with Crippen LogP contribution in [0.3, 0.4) is 0 Å². The van der Waals surface area contributed by atoms with Gasteiger partial charge in [0.1, 0.15) is 0 Å². The van der Waals surface area contributed by atoms with Crippen molar-refractivity contribution in [3.63, 3.8) is 0 Å². The Bertz CT molecular complexity index is 602. The van der Waals surface area contributed by atoms with E-state index < -0.39 is 0 Å². The van der Waals surface area contributed by atoms with E-state index >= 15 is 0 Å². The van der Waals surface area contributed by atoms with E-state index in [1.54, 1.807) is 6.07 Å². The molecule has 0 fully saturated rings. The molecule has 1 aromatic heterocycles. The first kappa shape index (κ1) is 14.3. The minimum absolute atomic E-state index is 0.112. The van der Waals surface area contributed by atoms with Crippen molar-refractivity contribution in [2.75, 3.05) is 5.32 Å². The third kappa shape index (κ3) is 3.95. The third-order valence-electron chi connectivity index (χ3n) is 3.21. The van der Waals surface area contributed by atoms with Crippen LogP contribution in [0.25, 0.3) is 0 Å². The number of hydrogen-bond donors (Lipinski definition) is 2. The van der Waals surface area contributed by atoms with Gasteiger partial charge in [-0.1, -0.05) is 32.4 Å². The van der Waals surface area contributed by atoms with Crippen LogP contribution < -0.4 is 10.9 Å². The van der Waals surface area contributed by atoms with E-state index in [0.29, 0.717) is 5.95 Å². The fourth-order valence-electron chi connectivity index (χ4n) is 2.01. The van der Waals surface area contributed by atoms with Crippen LogP contribution in [-0.4, -0.2) is 9.97 Å². The second-order valence-electron chi connectivity index (χ2n) is 4.86. The fourth-order valence-corrected chi connectivity index (χ4v) is 2.01. The molecule has 0 radical (unpaired) electrons. The number of H-pyrrole nitrogens is 1. The Morgan fingerprint density at radius 1 is 1.20 bits per heavy atom. The van der Waals surface area contributed by atoms with Gasteiger partial charge in [0.15, 0.2) is 0 Å². The summed E-state index contributed by atoms with van der Waals surface area (Å²) < 4.78 is 0. The van der Waals surface area contributed by atoms with E-state index in [-0.39, 0.29) is 5.56 Å². The van der Waals surface area contributed by atoms with Crippen molar-refractivity contribution in [2.24, 2.45) is 0 Å². The van der Waals surface area contributed by atoms with Crippen molar-refractivity contribution in [3.8, 4) is 0 Å². The molecule has 1 heterocycles. The van der Waals surface area contributed by atoms with Crippen molar-refractivity contribution in [1.82, 2.24) is 9.97 Å². The summed E-state index contributed by atoms with van der Waals surface area (Å²) in [5.41, 5.74) is 2.94. The highest BCUT2D eigenvalue weighted by molar-refractivity contribution is 5.53. The van der Waals surface area contributed by atoms with Crippen molar-refractivity contribution in [1.29, 1.82) is 0 Å². The summed E-state index contributed by atoms with van der Waals surface area (Å²) in [6.07, 6.45) is 3.99. The van der Waals surface area contributed by atoms with Gasteiger partial charge >= 0.3 is 0 Å². The predicted octanol–water partition coefficient (Wildman–Crippen LogP) is 3.42. The lowest BCUT2D eigenvalue weighted by Gasteiger charge is -2.07. The highest BCUT2D eigenvalue weighted by Gasteiger charge is 2.02. The maximum atomic E-state index is 11.6. The lowest BCUT2D eigenvalue weighted by molar-refractivity contribution is 0.772. The van der Waals surface area contributed by atoms with E-state index in [0.717, 1.165) is 37.1 Å². The zero-order valence-electron chi connectivity index (χ0n) is 12.1. The number of unbranched alkanes of at least 4 members (excludes halogenated alkanes) is 1. The summed E-state index contributed by atoms with van der Waals surface area (Å²) >= 11 is 0. The maximum absolute atomic E-state index is 11.6. The lowest BCUT2D eigenvalue weighted by Crippen LogP contribution is -2.12. The van der Waals surface area contributed by atoms with Gasteiger partial charge < -0.3 is 5.32 Å². The predicted molar refractivity (Wildman–Crippen MR) is 82.6 cm³/mol. The molecule has 0 saturated carbocycles.